The Bertz CT molecular complexity index is 360. The zero-order chi connectivity index (χ0) is 15.3. The fourth-order valence-corrected chi connectivity index (χ4v) is 3.96. The minimum absolute atomic E-state index is 0.293. The molecule has 1 N–H and O–H groups in total. The van der Waals surface area contributed by atoms with Gasteiger partial charge in [-0.15, -0.1) is 0 Å². The minimum Gasteiger partial charge on any atom is -0.377 e. The molecule has 0 aromatic rings. The first-order chi connectivity index (χ1) is 10.1. The van der Waals surface area contributed by atoms with Crippen molar-refractivity contribution < 1.29 is 4.74 Å². The van der Waals surface area contributed by atoms with E-state index in [-0.39, 0.29) is 5.54 Å². The van der Waals surface area contributed by atoms with Crippen LogP contribution in [0.15, 0.2) is 0 Å². The van der Waals surface area contributed by atoms with Gasteiger partial charge in [0, 0.05) is 19.2 Å². The normalized spacial score (nSPS) is 33.0. The number of ether oxygens (including phenoxy) is 1. The highest BCUT2D eigenvalue weighted by Crippen LogP contribution is 2.38. The Morgan fingerprint density at radius 2 is 2.19 bits per heavy atom. The van der Waals surface area contributed by atoms with E-state index in [4.69, 9.17) is 4.74 Å². The van der Waals surface area contributed by atoms with Crippen LogP contribution in [0, 0.1) is 17.2 Å². The predicted octanol–water partition coefficient (Wildman–Crippen LogP) is 2.55. The van der Waals surface area contributed by atoms with Crippen molar-refractivity contribution in [3.05, 3.63) is 0 Å². The summed E-state index contributed by atoms with van der Waals surface area (Å²) >= 11 is 0. The molecule has 21 heavy (non-hydrogen) atoms. The standard InChI is InChI=1S/C17H31N3O/c1-14(2)19-17(13-18)9-4-6-15(17)8-10-20(3)12-16-7-5-11-21-16/h14-16,19H,4-12H2,1-3H3. The van der Waals surface area contributed by atoms with Crippen molar-refractivity contribution in [1.29, 1.82) is 5.26 Å². The Morgan fingerprint density at radius 3 is 2.81 bits per heavy atom. The van der Waals surface area contributed by atoms with Crippen LogP contribution in [0.3, 0.4) is 0 Å². The van der Waals surface area contributed by atoms with Crippen molar-refractivity contribution >= 4 is 0 Å². The number of nitrogens with zero attached hydrogens (tertiary/aromatic N) is 2. The molecular formula is C17H31N3O. The highest BCUT2D eigenvalue weighted by Gasteiger charge is 2.43. The van der Waals surface area contributed by atoms with Gasteiger partial charge < -0.3 is 9.64 Å². The average Bonchev–Trinajstić information content (AvgIpc) is 3.06. The van der Waals surface area contributed by atoms with Gasteiger partial charge >= 0.3 is 0 Å². The summed E-state index contributed by atoms with van der Waals surface area (Å²) in [7, 11) is 2.18. The fraction of sp³-hybridized carbons (Fsp3) is 0.941. The van der Waals surface area contributed by atoms with Crippen LogP contribution < -0.4 is 5.32 Å². The molecule has 1 aliphatic carbocycles. The Hall–Kier alpha value is -0.630. The van der Waals surface area contributed by atoms with E-state index < -0.39 is 0 Å². The molecule has 1 saturated heterocycles. The molecule has 1 saturated carbocycles. The van der Waals surface area contributed by atoms with Crippen molar-refractivity contribution in [3.63, 3.8) is 0 Å². The molecule has 0 radical (unpaired) electrons. The summed E-state index contributed by atoms with van der Waals surface area (Å²) in [5.74, 6) is 0.483. The van der Waals surface area contributed by atoms with Gasteiger partial charge in [0.05, 0.1) is 12.2 Å². The highest BCUT2D eigenvalue weighted by molar-refractivity contribution is 5.14. The molecule has 0 amide bonds. The van der Waals surface area contributed by atoms with E-state index in [0.29, 0.717) is 18.1 Å². The van der Waals surface area contributed by atoms with Gasteiger partial charge in [0.1, 0.15) is 5.54 Å². The summed E-state index contributed by atoms with van der Waals surface area (Å²) < 4.78 is 5.70. The van der Waals surface area contributed by atoms with Crippen LogP contribution in [0.2, 0.25) is 0 Å². The van der Waals surface area contributed by atoms with E-state index in [2.05, 4.69) is 37.2 Å². The molecule has 120 valence electrons. The third-order valence-corrected chi connectivity index (χ3v) is 4.96. The smallest absolute Gasteiger partial charge is 0.109 e. The number of nitrogens with one attached hydrogen (secondary N) is 1. The summed E-state index contributed by atoms with van der Waals surface area (Å²) in [5.41, 5.74) is -0.293. The maximum absolute atomic E-state index is 9.68. The van der Waals surface area contributed by atoms with E-state index in [9.17, 15) is 5.26 Å². The fourth-order valence-electron chi connectivity index (χ4n) is 3.96. The van der Waals surface area contributed by atoms with E-state index in [0.717, 1.165) is 32.5 Å². The van der Waals surface area contributed by atoms with Crippen LogP contribution in [0.25, 0.3) is 0 Å². The molecule has 3 unspecified atom stereocenters. The SMILES string of the molecule is CC(C)NC1(C#N)CCCC1CCN(C)CC1CCCO1. The summed E-state index contributed by atoms with van der Waals surface area (Å²) in [6.45, 7) is 7.30. The van der Waals surface area contributed by atoms with Crippen molar-refractivity contribution in [2.75, 3.05) is 26.7 Å². The number of nitriles is 1. The van der Waals surface area contributed by atoms with E-state index in [1.807, 2.05) is 0 Å². The number of hydrogen-bond donors (Lipinski definition) is 1. The van der Waals surface area contributed by atoms with Gasteiger partial charge in [0.15, 0.2) is 0 Å². The monoisotopic (exact) mass is 293 g/mol. The minimum atomic E-state index is -0.293. The lowest BCUT2D eigenvalue weighted by Crippen LogP contribution is -2.50. The molecule has 1 aliphatic heterocycles. The zero-order valence-electron chi connectivity index (χ0n) is 13.9. The molecule has 2 aliphatic rings. The first-order valence-corrected chi connectivity index (χ1v) is 8.55. The van der Waals surface area contributed by atoms with Crippen LogP contribution in [0.1, 0.15) is 52.4 Å². The lowest BCUT2D eigenvalue weighted by molar-refractivity contribution is 0.0785. The first-order valence-electron chi connectivity index (χ1n) is 8.55. The van der Waals surface area contributed by atoms with Crippen LogP contribution in [0.5, 0.6) is 0 Å². The Kier molecular flexibility index (Phi) is 6.04. The number of rotatable bonds is 7. The molecule has 2 rings (SSSR count). The molecule has 3 atom stereocenters. The number of likely N-dealkylation sites (N-methyl/N-ethyl adjacent to an activating group) is 1. The second kappa shape index (κ2) is 7.58. The molecule has 0 aromatic carbocycles. The van der Waals surface area contributed by atoms with Gasteiger partial charge in [-0.2, -0.15) is 5.26 Å². The van der Waals surface area contributed by atoms with Crippen molar-refractivity contribution in [3.8, 4) is 6.07 Å². The quantitative estimate of drug-likeness (QED) is 0.783. The largest absolute Gasteiger partial charge is 0.377 e. The van der Waals surface area contributed by atoms with Crippen molar-refractivity contribution in [2.24, 2.45) is 5.92 Å². The van der Waals surface area contributed by atoms with E-state index >= 15 is 0 Å². The van der Waals surface area contributed by atoms with E-state index in [1.54, 1.807) is 0 Å². The zero-order valence-corrected chi connectivity index (χ0v) is 13.9. The van der Waals surface area contributed by atoms with Gasteiger partial charge in [0.2, 0.25) is 0 Å². The van der Waals surface area contributed by atoms with Gasteiger partial charge in [-0.25, -0.2) is 0 Å². The summed E-state index contributed by atoms with van der Waals surface area (Å²) in [6.07, 6.45) is 7.29. The molecular weight excluding hydrogens is 262 g/mol. The van der Waals surface area contributed by atoms with Crippen LogP contribution in [0.4, 0.5) is 0 Å². The van der Waals surface area contributed by atoms with Gasteiger partial charge in [-0.1, -0.05) is 6.42 Å². The molecule has 4 heteroatoms. The van der Waals surface area contributed by atoms with Gasteiger partial charge in [0.25, 0.3) is 0 Å². The molecule has 1 heterocycles. The highest BCUT2D eigenvalue weighted by atomic mass is 16.5. The summed E-state index contributed by atoms with van der Waals surface area (Å²) in [6, 6.07) is 2.97. The molecule has 0 aromatic heterocycles. The number of hydrogen-bond acceptors (Lipinski definition) is 4. The topological polar surface area (TPSA) is 48.3 Å². The lowest BCUT2D eigenvalue weighted by atomic mass is 9.85. The molecule has 4 nitrogen and oxygen atoms in total. The summed E-state index contributed by atoms with van der Waals surface area (Å²) in [4.78, 5) is 2.38. The lowest BCUT2D eigenvalue weighted by Gasteiger charge is -2.33. The molecule has 0 spiro atoms. The Balaban J connectivity index is 1.81. The van der Waals surface area contributed by atoms with Crippen LogP contribution >= 0.6 is 0 Å². The van der Waals surface area contributed by atoms with Crippen LogP contribution in [-0.4, -0.2) is 49.3 Å². The summed E-state index contributed by atoms with van der Waals surface area (Å²) in [5, 5.41) is 13.2. The Morgan fingerprint density at radius 1 is 1.38 bits per heavy atom. The van der Waals surface area contributed by atoms with Crippen molar-refractivity contribution in [1.82, 2.24) is 10.2 Å². The first kappa shape index (κ1) is 16.7. The third kappa shape index (κ3) is 4.42. The maximum atomic E-state index is 9.68. The third-order valence-electron chi connectivity index (χ3n) is 4.96. The maximum Gasteiger partial charge on any atom is 0.109 e. The Labute approximate surface area is 129 Å². The van der Waals surface area contributed by atoms with Crippen molar-refractivity contribution in [2.45, 2.75) is 70.1 Å². The second-order valence-corrected chi connectivity index (χ2v) is 7.16. The second-order valence-electron chi connectivity index (χ2n) is 7.16. The molecule has 2 fully saturated rings. The van der Waals surface area contributed by atoms with Gasteiger partial charge in [-0.05, 0) is 65.5 Å². The predicted molar refractivity (Wildman–Crippen MR) is 85.0 cm³/mol. The molecule has 0 bridgehead atoms. The van der Waals surface area contributed by atoms with Gasteiger partial charge in [-0.3, -0.25) is 5.32 Å². The van der Waals surface area contributed by atoms with E-state index in [1.165, 1.54) is 25.7 Å². The van der Waals surface area contributed by atoms with Crippen LogP contribution in [-0.2, 0) is 4.74 Å². The average molecular weight is 293 g/mol.